The quantitative estimate of drug-likeness (QED) is 0.425. The topological polar surface area (TPSA) is 92.4 Å². The minimum atomic E-state index is -2.98. The molecular formula is C24H26F2N4O3S. The Hall–Kier alpha value is -2.69. The van der Waals surface area contributed by atoms with Crippen LogP contribution in [0, 0.1) is 5.21 Å². The molecule has 1 saturated heterocycles. The first-order valence-electron chi connectivity index (χ1n) is 11.4. The molecule has 180 valence electrons. The van der Waals surface area contributed by atoms with Gasteiger partial charge in [0.15, 0.2) is 11.3 Å². The van der Waals surface area contributed by atoms with Crippen molar-refractivity contribution in [1.82, 2.24) is 9.88 Å². The van der Waals surface area contributed by atoms with Crippen molar-refractivity contribution >= 4 is 32.6 Å². The van der Waals surface area contributed by atoms with Crippen LogP contribution in [0.25, 0.3) is 10.2 Å². The normalized spacial score (nSPS) is 20.9. The van der Waals surface area contributed by atoms with E-state index < -0.39 is 30.9 Å². The maximum absolute atomic E-state index is 14.8. The van der Waals surface area contributed by atoms with E-state index in [9.17, 15) is 23.9 Å². The van der Waals surface area contributed by atoms with E-state index in [4.69, 9.17) is 0 Å². The Kier molecular flexibility index (Phi) is 5.99. The number of carbonyl (C=O) groups is 1. The lowest BCUT2D eigenvalue weighted by Gasteiger charge is -2.40. The van der Waals surface area contributed by atoms with Crippen molar-refractivity contribution in [2.75, 3.05) is 18.4 Å². The maximum Gasteiger partial charge on any atom is 0.257 e. The predicted octanol–water partition coefficient (Wildman–Crippen LogP) is 3.36. The van der Waals surface area contributed by atoms with Gasteiger partial charge in [-0.05, 0) is 55.0 Å². The molecule has 3 aromatic rings. The number of nitrogens with one attached hydrogen (secondary N) is 1. The van der Waals surface area contributed by atoms with Crippen molar-refractivity contribution in [3.05, 3.63) is 58.1 Å². The number of aromatic nitrogens is 2. The predicted molar refractivity (Wildman–Crippen MR) is 125 cm³/mol. The van der Waals surface area contributed by atoms with Crippen molar-refractivity contribution in [3.8, 4) is 0 Å². The number of halogens is 2. The Morgan fingerprint density at radius 1 is 1.38 bits per heavy atom. The van der Waals surface area contributed by atoms with E-state index in [1.54, 1.807) is 11.8 Å². The highest BCUT2D eigenvalue weighted by Gasteiger charge is 2.46. The van der Waals surface area contributed by atoms with Crippen LogP contribution in [0.3, 0.4) is 0 Å². The highest BCUT2D eigenvalue weighted by molar-refractivity contribution is 7.22. The van der Waals surface area contributed by atoms with Crippen LogP contribution in [0.15, 0.2) is 30.5 Å². The van der Waals surface area contributed by atoms with Crippen LogP contribution in [-0.4, -0.2) is 46.0 Å². The fraction of sp³-hybridized carbons (Fsp3) is 0.458. The lowest BCUT2D eigenvalue weighted by atomic mass is 9.86. The number of aryl methyl sites for hydroxylation is 2. The van der Waals surface area contributed by atoms with Gasteiger partial charge in [0, 0.05) is 31.6 Å². The molecule has 5 rings (SSSR count). The summed E-state index contributed by atoms with van der Waals surface area (Å²) in [5, 5.41) is 24.4. The number of aliphatic hydroxyl groups excluding tert-OH is 1. The van der Waals surface area contributed by atoms with Gasteiger partial charge < -0.3 is 15.6 Å². The van der Waals surface area contributed by atoms with Crippen LogP contribution in [0.5, 0.6) is 0 Å². The maximum atomic E-state index is 14.8. The molecule has 3 heterocycles. The molecule has 0 radical (unpaired) electrons. The molecule has 1 fully saturated rings. The summed E-state index contributed by atoms with van der Waals surface area (Å²) in [6.07, 6.45) is 4.01. The second-order valence-corrected chi connectivity index (χ2v) is 10.2. The standard InChI is InChI=1S/C24H26F2N4O3S/c1-14(22(32)28-23-27-20-10-15-3-2-4-16(15)11-21(20)34-23)29-8-6-24(25,26)19(12-29)17-5-7-30(33)18(9-17)13-31/h5,7,9-11,14,19,31H,2-4,6,8,12-13H2,1H3,(H,27,28,32)/t14-,19?/m0/s1. The van der Waals surface area contributed by atoms with Crippen molar-refractivity contribution < 1.29 is 23.4 Å². The number of fused-ring (bicyclic) bond motifs is 2. The summed E-state index contributed by atoms with van der Waals surface area (Å²) in [6, 6.07) is 6.28. The van der Waals surface area contributed by atoms with Crippen LogP contribution in [0.4, 0.5) is 13.9 Å². The number of piperidine rings is 1. The third kappa shape index (κ3) is 4.25. The molecular weight excluding hydrogens is 462 g/mol. The third-order valence-electron chi connectivity index (χ3n) is 7.00. The number of carbonyl (C=O) groups excluding carboxylic acids is 1. The zero-order valence-electron chi connectivity index (χ0n) is 18.8. The number of hydrogen-bond donors (Lipinski definition) is 2. The first-order chi connectivity index (χ1) is 16.2. The first kappa shape index (κ1) is 23.1. The summed E-state index contributed by atoms with van der Waals surface area (Å²) in [4.78, 5) is 19.3. The molecule has 0 bridgehead atoms. The highest BCUT2D eigenvalue weighted by atomic mass is 32.1. The number of thiazole rings is 1. The van der Waals surface area contributed by atoms with E-state index in [1.807, 2.05) is 0 Å². The van der Waals surface area contributed by atoms with E-state index >= 15 is 0 Å². The van der Waals surface area contributed by atoms with E-state index in [2.05, 4.69) is 22.4 Å². The Labute approximate surface area is 199 Å². The van der Waals surface area contributed by atoms with Crippen molar-refractivity contribution in [2.24, 2.45) is 0 Å². The lowest BCUT2D eigenvalue weighted by Crippen LogP contribution is -2.52. The third-order valence-corrected chi connectivity index (χ3v) is 7.94. The average Bonchev–Trinajstić information content (AvgIpc) is 3.42. The van der Waals surface area contributed by atoms with Gasteiger partial charge in [0.2, 0.25) is 11.6 Å². The zero-order chi connectivity index (χ0) is 24.0. The largest absolute Gasteiger partial charge is 0.618 e. The number of alkyl halides is 2. The summed E-state index contributed by atoms with van der Waals surface area (Å²) < 4.78 is 31.1. The van der Waals surface area contributed by atoms with Crippen molar-refractivity contribution in [3.63, 3.8) is 0 Å². The monoisotopic (exact) mass is 488 g/mol. The molecule has 2 aliphatic rings. The number of nitrogens with zero attached hydrogens (tertiary/aromatic N) is 3. The highest BCUT2D eigenvalue weighted by Crippen LogP contribution is 2.41. The zero-order valence-corrected chi connectivity index (χ0v) is 19.6. The van der Waals surface area contributed by atoms with Crippen LogP contribution in [0.1, 0.15) is 48.1 Å². The molecule has 10 heteroatoms. The van der Waals surface area contributed by atoms with Crippen LogP contribution < -0.4 is 10.0 Å². The number of benzene rings is 1. The molecule has 1 unspecified atom stereocenters. The van der Waals surface area contributed by atoms with Gasteiger partial charge in [0.1, 0.15) is 6.61 Å². The number of aliphatic hydroxyl groups is 1. The van der Waals surface area contributed by atoms with E-state index in [1.165, 1.54) is 34.6 Å². The number of anilines is 1. The van der Waals surface area contributed by atoms with Gasteiger partial charge in [0.25, 0.3) is 5.92 Å². The molecule has 2 N–H and O–H groups in total. The van der Waals surface area contributed by atoms with Gasteiger partial charge in [-0.3, -0.25) is 9.69 Å². The van der Waals surface area contributed by atoms with Crippen LogP contribution in [0.2, 0.25) is 0 Å². The molecule has 1 aliphatic carbocycles. The summed E-state index contributed by atoms with van der Waals surface area (Å²) in [6.45, 7) is 1.20. The summed E-state index contributed by atoms with van der Waals surface area (Å²) in [5.41, 5.74) is 3.81. The molecule has 2 aromatic heterocycles. The van der Waals surface area contributed by atoms with E-state index in [-0.39, 0.29) is 30.3 Å². The summed E-state index contributed by atoms with van der Waals surface area (Å²) in [7, 11) is 0. The Balaban J connectivity index is 1.31. The fourth-order valence-corrected chi connectivity index (χ4v) is 5.85. The molecule has 2 atom stereocenters. The van der Waals surface area contributed by atoms with Crippen molar-refractivity contribution in [2.45, 2.75) is 57.1 Å². The summed E-state index contributed by atoms with van der Waals surface area (Å²) >= 11 is 1.42. The SMILES string of the molecule is C[C@@H](C(=O)Nc1nc2cc3c(cc2s1)CCC3)N1CCC(F)(F)C(c2cc[n+]([O-])c(CO)c2)C1. The number of pyridine rings is 1. The first-order valence-corrected chi connectivity index (χ1v) is 12.2. The number of hydrogen-bond acceptors (Lipinski definition) is 6. The van der Waals surface area contributed by atoms with Gasteiger partial charge in [-0.15, -0.1) is 0 Å². The Morgan fingerprint density at radius 3 is 2.91 bits per heavy atom. The number of rotatable bonds is 5. The molecule has 0 saturated carbocycles. The average molecular weight is 489 g/mol. The second kappa shape index (κ2) is 8.83. The smallest absolute Gasteiger partial charge is 0.257 e. The Bertz CT molecular complexity index is 1210. The Morgan fingerprint density at radius 2 is 2.15 bits per heavy atom. The van der Waals surface area contributed by atoms with Gasteiger partial charge in [-0.2, -0.15) is 4.73 Å². The molecule has 1 amide bonds. The lowest BCUT2D eigenvalue weighted by molar-refractivity contribution is -0.616. The van der Waals surface area contributed by atoms with Gasteiger partial charge in [-0.1, -0.05) is 11.3 Å². The number of amides is 1. The minimum Gasteiger partial charge on any atom is -0.618 e. The molecule has 34 heavy (non-hydrogen) atoms. The second-order valence-electron chi connectivity index (χ2n) is 9.12. The van der Waals surface area contributed by atoms with Gasteiger partial charge in [0.05, 0.1) is 22.2 Å². The van der Waals surface area contributed by atoms with Gasteiger partial charge >= 0.3 is 0 Å². The molecule has 7 nitrogen and oxygen atoms in total. The molecule has 1 aromatic carbocycles. The summed E-state index contributed by atoms with van der Waals surface area (Å²) in [5.74, 6) is -4.47. The molecule has 0 spiro atoms. The fourth-order valence-electron chi connectivity index (χ4n) is 4.94. The van der Waals surface area contributed by atoms with Crippen LogP contribution in [-0.2, 0) is 24.2 Å². The van der Waals surface area contributed by atoms with E-state index in [0.717, 1.165) is 35.7 Å². The number of likely N-dealkylation sites (tertiary alicyclic amines) is 1. The molecule has 1 aliphatic heterocycles. The minimum absolute atomic E-state index is 0.0121. The van der Waals surface area contributed by atoms with Crippen molar-refractivity contribution in [1.29, 1.82) is 0 Å². The van der Waals surface area contributed by atoms with Crippen LogP contribution >= 0.6 is 11.3 Å². The van der Waals surface area contributed by atoms with E-state index in [0.29, 0.717) is 9.86 Å². The van der Waals surface area contributed by atoms with Gasteiger partial charge in [-0.25, -0.2) is 13.8 Å².